The number of hydrogen-bond donors (Lipinski definition) is 0. The van der Waals surface area contributed by atoms with Crippen LogP contribution in [0.2, 0.25) is 0 Å². The fourth-order valence-electron chi connectivity index (χ4n) is 4.26. The van der Waals surface area contributed by atoms with Crippen molar-refractivity contribution in [3.63, 3.8) is 0 Å². The van der Waals surface area contributed by atoms with Gasteiger partial charge in [-0.25, -0.2) is 4.98 Å². The number of Topliss-reactive ketones (excluding diaryl/α,β-unsaturated/α-hetero) is 1. The Balaban J connectivity index is 2.06. The van der Waals surface area contributed by atoms with Crippen LogP contribution in [0.5, 0.6) is 11.5 Å². The summed E-state index contributed by atoms with van der Waals surface area (Å²) in [5.74, 6) is -0.314. The predicted molar refractivity (Wildman–Crippen MR) is 142 cm³/mol. The summed E-state index contributed by atoms with van der Waals surface area (Å²) in [6, 6.07) is 1.53. The van der Waals surface area contributed by atoms with E-state index in [0.29, 0.717) is 18.4 Å². The maximum atomic E-state index is 13.1. The molecule has 214 valence electrons. The Morgan fingerprint density at radius 2 is 1.82 bits per heavy atom. The van der Waals surface area contributed by atoms with Crippen molar-refractivity contribution in [1.82, 2.24) is 4.98 Å². The molecule has 9 nitrogen and oxygen atoms in total. The van der Waals surface area contributed by atoms with Crippen LogP contribution in [0.1, 0.15) is 90.6 Å². The number of pyridine rings is 1. The number of ether oxygens (including phenoxy) is 5. The monoisotopic (exact) mass is 535 g/mol. The molecule has 1 aromatic heterocycles. The summed E-state index contributed by atoms with van der Waals surface area (Å²) in [4.78, 5) is 41.4. The topological polar surface area (TPSA) is 110 Å². The van der Waals surface area contributed by atoms with Gasteiger partial charge >= 0.3 is 11.9 Å². The molecule has 0 unspecified atom stereocenters. The molecule has 0 aromatic carbocycles. The lowest BCUT2D eigenvalue weighted by atomic mass is 9.88. The molecule has 9 heteroatoms. The van der Waals surface area contributed by atoms with E-state index in [4.69, 9.17) is 23.7 Å². The van der Waals surface area contributed by atoms with Gasteiger partial charge in [-0.3, -0.25) is 14.4 Å². The van der Waals surface area contributed by atoms with E-state index in [1.165, 1.54) is 39.1 Å². The Labute approximate surface area is 226 Å². The lowest BCUT2D eigenvalue weighted by Crippen LogP contribution is -2.39. The standard InChI is InChI=1S/C29H45NO8/c1-8-23(12-9-18(2)3)27(35-16-22-10-11-22)20(5)38-29(33)19(4)15-24(32)26-28(37-17-36-21(6)31)25(34-7)13-14-30-26/h13-14,18-20,22-23,27H,8-12,15-17H2,1-7H3/t19-,20+,23-,27+/m1/s1. The molecule has 0 spiro atoms. The van der Waals surface area contributed by atoms with Crippen molar-refractivity contribution in [1.29, 1.82) is 0 Å². The molecule has 0 bridgehead atoms. The molecule has 0 saturated heterocycles. The molecule has 4 atom stereocenters. The maximum Gasteiger partial charge on any atom is 0.309 e. The van der Waals surface area contributed by atoms with E-state index in [2.05, 4.69) is 25.8 Å². The van der Waals surface area contributed by atoms with E-state index in [0.717, 1.165) is 19.3 Å². The second-order valence-corrected chi connectivity index (χ2v) is 10.6. The van der Waals surface area contributed by atoms with Crippen LogP contribution in [0.15, 0.2) is 12.3 Å². The zero-order valence-corrected chi connectivity index (χ0v) is 24.0. The highest BCUT2D eigenvalue weighted by Gasteiger charge is 2.33. The van der Waals surface area contributed by atoms with Gasteiger partial charge in [0.2, 0.25) is 6.79 Å². The molecule has 0 radical (unpaired) electrons. The van der Waals surface area contributed by atoms with E-state index in [9.17, 15) is 14.4 Å². The number of aromatic nitrogens is 1. The van der Waals surface area contributed by atoms with E-state index < -0.39 is 36.5 Å². The zero-order valence-electron chi connectivity index (χ0n) is 24.0. The van der Waals surface area contributed by atoms with Crippen LogP contribution in [0.3, 0.4) is 0 Å². The highest BCUT2D eigenvalue weighted by molar-refractivity contribution is 5.99. The van der Waals surface area contributed by atoms with Crippen molar-refractivity contribution in [3.05, 3.63) is 18.0 Å². The quantitative estimate of drug-likeness (QED) is 0.139. The molecular formula is C29H45NO8. The second-order valence-electron chi connectivity index (χ2n) is 10.6. The fraction of sp³-hybridized carbons (Fsp3) is 0.724. The Hall–Kier alpha value is -2.68. The van der Waals surface area contributed by atoms with Crippen LogP contribution >= 0.6 is 0 Å². The van der Waals surface area contributed by atoms with Gasteiger partial charge in [-0.1, -0.05) is 40.5 Å². The Morgan fingerprint density at radius 1 is 1.11 bits per heavy atom. The summed E-state index contributed by atoms with van der Waals surface area (Å²) >= 11 is 0. The van der Waals surface area contributed by atoms with E-state index in [1.807, 2.05) is 6.92 Å². The van der Waals surface area contributed by atoms with Crippen molar-refractivity contribution in [2.75, 3.05) is 20.5 Å². The molecule has 0 aliphatic heterocycles. The molecule has 1 fully saturated rings. The van der Waals surface area contributed by atoms with Crippen LogP contribution in [-0.4, -0.2) is 55.4 Å². The summed E-state index contributed by atoms with van der Waals surface area (Å²) < 4.78 is 27.8. The predicted octanol–water partition coefficient (Wildman–Crippen LogP) is 5.39. The first-order chi connectivity index (χ1) is 18.1. The number of rotatable bonds is 18. The van der Waals surface area contributed by atoms with Crippen LogP contribution in [-0.2, 0) is 23.8 Å². The van der Waals surface area contributed by atoms with Crippen molar-refractivity contribution < 1.29 is 38.1 Å². The van der Waals surface area contributed by atoms with Gasteiger partial charge in [0.05, 0.1) is 19.1 Å². The average molecular weight is 536 g/mol. The highest BCUT2D eigenvalue weighted by Crippen LogP contribution is 2.33. The fourth-order valence-corrected chi connectivity index (χ4v) is 4.26. The lowest BCUT2D eigenvalue weighted by molar-refractivity contribution is -0.164. The zero-order chi connectivity index (χ0) is 28.2. The minimum atomic E-state index is -0.709. The summed E-state index contributed by atoms with van der Waals surface area (Å²) in [7, 11) is 1.43. The molecule has 2 rings (SSSR count). The summed E-state index contributed by atoms with van der Waals surface area (Å²) in [5, 5.41) is 0. The third-order valence-electron chi connectivity index (χ3n) is 6.80. The molecule has 1 heterocycles. The molecule has 1 aliphatic carbocycles. The van der Waals surface area contributed by atoms with Gasteiger partial charge in [-0.05, 0) is 43.9 Å². The third kappa shape index (κ3) is 10.2. The smallest absolute Gasteiger partial charge is 0.309 e. The number of carbonyl (C=O) groups excluding carboxylic acids is 3. The van der Waals surface area contributed by atoms with Crippen LogP contribution in [0, 0.1) is 23.7 Å². The first-order valence-electron chi connectivity index (χ1n) is 13.7. The number of nitrogens with zero attached hydrogens (tertiary/aromatic N) is 1. The summed E-state index contributed by atoms with van der Waals surface area (Å²) in [6.45, 7) is 11.6. The molecule has 38 heavy (non-hydrogen) atoms. The number of ketones is 1. The molecule has 0 amide bonds. The van der Waals surface area contributed by atoms with Gasteiger partial charge in [-0.2, -0.15) is 0 Å². The van der Waals surface area contributed by atoms with Crippen molar-refractivity contribution in [2.24, 2.45) is 23.7 Å². The minimum absolute atomic E-state index is 0.00502. The summed E-state index contributed by atoms with van der Waals surface area (Å²) in [5.41, 5.74) is -0.00502. The van der Waals surface area contributed by atoms with Gasteiger partial charge in [-0.15, -0.1) is 0 Å². The van der Waals surface area contributed by atoms with Gasteiger partial charge in [0, 0.05) is 32.2 Å². The highest BCUT2D eigenvalue weighted by atomic mass is 16.7. The van der Waals surface area contributed by atoms with Gasteiger partial charge in [0.25, 0.3) is 0 Å². The van der Waals surface area contributed by atoms with Crippen molar-refractivity contribution in [2.45, 2.75) is 92.3 Å². The minimum Gasteiger partial charge on any atom is -0.493 e. The van der Waals surface area contributed by atoms with Gasteiger partial charge in [0.15, 0.2) is 23.0 Å². The van der Waals surface area contributed by atoms with Crippen molar-refractivity contribution >= 4 is 17.7 Å². The molecule has 1 aliphatic rings. The SMILES string of the molecule is CC[C@H](CCC(C)C)[C@@H](OCC1CC1)[C@H](C)OC(=O)[C@H](C)CC(=O)c1nccc(OC)c1OCOC(C)=O. The number of esters is 2. The first-order valence-corrected chi connectivity index (χ1v) is 13.7. The Bertz CT molecular complexity index is 914. The third-order valence-corrected chi connectivity index (χ3v) is 6.80. The molecule has 0 N–H and O–H groups in total. The number of hydrogen-bond acceptors (Lipinski definition) is 9. The molecule has 1 saturated carbocycles. The number of methoxy groups -OCH3 is 1. The van der Waals surface area contributed by atoms with Crippen LogP contribution in [0.25, 0.3) is 0 Å². The average Bonchev–Trinajstić information content (AvgIpc) is 3.69. The van der Waals surface area contributed by atoms with Crippen molar-refractivity contribution in [3.8, 4) is 11.5 Å². The largest absolute Gasteiger partial charge is 0.493 e. The maximum absolute atomic E-state index is 13.1. The van der Waals surface area contributed by atoms with E-state index in [-0.39, 0.29) is 35.6 Å². The first kappa shape index (κ1) is 31.5. The van der Waals surface area contributed by atoms with E-state index in [1.54, 1.807) is 6.92 Å². The second kappa shape index (κ2) is 15.7. The normalized spacial score (nSPS) is 16.3. The molecule has 1 aromatic rings. The van der Waals surface area contributed by atoms with E-state index >= 15 is 0 Å². The van der Waals surface area contributed by atoms with Crippen LogP contribution in [0.4, 0.5) is 0 Å². The van der Waals surface area contributed by atoms with Gasteiger partial charge in [0.1, 0.15) is 6.10 Å². The molecular weight excluding hydrogens is 490 g/mol. The Kier molecular flexibility index (Phi) is 13.0. The summed E-state index contributed by atoms with van der Waals surface area (Å²) in [6.07, 6.45) is 6.07. The Morgan fingerprint density at radius 3 is 2.39 bits per heavy atom. The lowest BCUT2D eigenvalue weighted by Gasteiger charge is -2.32. The van der Waals surface area contributed by atoms with Crippen LogP contribution < -0.4 is 9.47 Å². The van der Waals surface area contributed by atoms with Gasteiger partial charge < -0.3 is 23.7 Å². The number of carbonyl (C=O) groups is 3.